The molecule has 1 N–H and O–H groups in total. The maximum absolute atomic E-state index is 13.3. The van der Waals surface area contributed by atoms with Crippen molar-refractivity contribution in [3.63, 3.8) is 0 Å². The van der Waals surface area contributed by atoms with Gasteiger partial charge in [-0.2, -0.15) is 0 Å². The van der Waals surface area contributed by atoms with Gasteiger partial charge in [-0.25, -0.2) is 9.18 Å². The molecule has 2 aromatic carbocycles. The maximum Gasteiger partial charge on any atom is 0.325 e. The number of carbonyl (C=O) groups is 3. The van der Waals surface area contributed by atoms with Crippen molar-refractivity contribution in [2.45, 2.75) is 38.4 Å². The zero-order valence-electron chi connectivity index (χ0n) is 15.9. The lowest BCUT2D eigenvalue weighted by Crippen LogP contribution is -2.37. The van der Waals surface area contributed by atoms with Crippen LogP contribution in [0.3, 0.4) is 0 Å². The van der Waals surface area contributed by atoms with Gasteiger partial charge >= 0.3 is 6.03 Å². The monoisotopic (exact) mass is 395 g/mol. The summed E-state index contributed by atoms with van der Waals surface area (Å²) in [5, 5.41) is 2.64. The molecular formula is C22H22FN3O3. The molecule has 4 rings (SSSR count). The van der Waals surface area contributed by atoms with Crippen molar-refractivity contribution in [3.05, 3.63) is 71.0 Å². The van der Waals surface area contributed by atoms with Gasteiger partial charge in [0.25, 0.3) is 5.91 Å². The number of halogens is 1. The summed E-state index contributed by atoms with van der Waals surface area (Å²) < 4.78 is 13.3. The Kier molecular flexibility index (Phi) is 5.29. The fraction of sp³-hybridized carbons (Fsp3) is 0.318. The Bertz CT molecular complexity index is 962. The van der Waals surface area contributed by atoms with Crippen molar-refractivity contribution >= 4 is 17.8 Å². The van der Waals surface area contributed by atoms with Gasteiger partial charge < -0.3 is 10.2 Å². The second kappa shape index (κ2) is 8.03. The molecule has 2 aromatic rings. The second-order valence-corrected chi connectivity index (χ2v) is 7.43. The average molecular weight is 395 g/mol. The SMILES string of the molecule is O=C(CC[C@H]1NC(=O)N(Cc2cccc(F)c2)C1=O)N1CCc2ccccc2C1. The molecule has 2 heterocycles. The van der Waals surface area contributed by atoms with E-state index >= 15 is 0 Å². The molecule has 0 radical (unpaired) electrons. The van der Waals surface area contributed by atoms with Crippen LogP contribution in [-0.2, 0) is 29.1 Å². The first kappa shape index (κ1) is 19.1. The van der Waals surface area contributed by atoms with Crippen LogP contribution in [0.15, 0.2) is 48.5 Å². The van der Waals surface area contributed by atoms with Gasteiger partial charge in [-0.3, -0.25) is 14.5 Å². The summed E-state index contributed by atoms with van der Waals surface area (Å²) in [4.78, 5) is 40.2. The van der Waals surface area contributed by atoms with Crippen LogP contribution < -0.4 is 5.32 Å². The lowest BCUT2D eigenvalue weighted by atomic mass is 9.99. The molecule has 0 saturated carbocycles. The van der Waals surface area contributed by atoms with Crippen molar-refractivity contribution < 1.29 is 18.8 Å². The van der Waals surface area contributed by atoms with E-state index in [-0.39, 0.29) is 31.2 Å². The molecular weight excluding hydrogens is 373 g/mol. The van der Waals surface area contributed by atoms with Crippen LogP contribution in [0.2, 0.25) is 0 Å². The maximum atomic E-state index is 13.3. The molecule has 0 spiro atoms. The topological polar surface area (TPSA) is 69.7 Å². The van der Waals surface area contributed by atoms with Crippen LogP contribution >= 0.6 is 0 Å². The zero-order valence-corrected chi connectivity index (χ0v) is 15.9. The van der Waals surface area contributed by atoms with Crippen LogP contribution in [0.25, 0.3) is 0 Å². The van der Waals surface area contributed by atoms with E-state index in [2.05, 4.69) is 11.4 Å². The normalized spacial score (nSPS) is 18.6. The Hall–Kier alpha value is -3.22. The van der Waals surface area contributed by atoms with E-state index < -0.39 is 17.9 Å². The lowest BCUT2D eigenvalue weighted by Gasteiger charge is -2.29. The van der Waals surface area contributed by atoms with E-state index in [9.17, 15) is 18.8 Å². The predicted molar refractivity (Wildman–Crippen MR) is 104 cm³/mol. The van der Waals surface area contributed by atoms with Gasteiger partial charge in [-0.1, -0.05) is 36.4 Å². The molecule has 0 unspecified atom stereocenters. The molecule has 29 heavy (non-hydrogen) atoms. The van der Waals surface area contributed by atoms with E-state index in [1.165, 1.54) is 23.8 Å². The third-order valence-electron chi connectivity index (χ3n) is 5.47. The summed E-state index contributed by atoms with van der Waals surface area (Å²) in [6.45, 7) is 1.24. The molecule has 7 heteroatoms. The molecule has 2 aliphatic heterocycles. The molecule has 4 amide bonds. The second-order valence-electron chi connectivity index (χ2n) is 7.43. The minimum Gasteiger partial charge on any atom is -0.338 e. The number of hydrogen-bond donors (Lipinski definition) is 1. The summed E-state index contributed by atoms with van der Waals surface area (Å²) in [7, 11) is 0. The molecule has 0 aliphatic carbocycles. The number of carbonyl (C=O) groups excluding carboxylic acids is 3. The Morgan fingerprint density at radius 3 is 2.69 bits per heavy atom. The van der Waals surface area contributed by atoms with E-state index in [1.54, 1.807) is 11.0 Å². The number of hydrogen-bond acceptors (Lipinski definition) is 3. The fourth-order valence-corrected chi connectivity index (χ4v) is 3.87. The summed E-state index contributed by atoms with van der Waals surface area (Å²) in [6, 6.07) is 12.6. The first-order valence-electron chi connectivity index (χ1n) is 9.72. The zero-order chi connectivity index (χ0) is 20.4. The highest BCUT2D eigenvalue weighted by atomic mass is 19.1. The Balaban J connectivity index is 1.33. The van der Waals surface area contributed by atoms with Gasteiger partial charge in [0, 0.05) is 19.5 Å². The summed E-state index contributed by atoms with van der Waals surface area (Å²) >= 11 is 0. The number of rotatable bonds is 5. The number of fused-ring (bicyclic) bond motifs is 1. The summed E-state index contributed by atoms with van der Waals surface area (Å²) in [5.74, 6) is -0.819. The average Bonchev–Trinajstić information content (AvgIpc) is 2.99. The van der Waals surface area contributed by atoms with Crippen LogP contribution in [0.4, 0.5) is 9.18 Å². The molecule has 1 saturated heterocycles. The van der Waals surface area contributed by atoms with Gasteiger partial charge in [0.2, 0.25) is 5.91 Å². The molecule has 1 fully saturated rings. The van der Waals surface area contributed by atoms with E-state index in [0.717, 1.165) is 16.9 Å². The Morgan fingerprint density at radius 2 is 1.90 bits per heavy atom. The third-order valence-corrected chi connectivity index (χ3v) is 5.47. The third kappa shape index (κ3) is 4.13. The van der Waals surface area contributed by atoms with E-state index in [4.69, 9.17) is 0 Å². The quantitative estimate of drug-likeness (QED) is 0.792. The van der Waals surface area contributed by atoms with Crippen molar-refractivity contribution in [3.8, 4) is 0 Å². The lowest BCUT2D eigenvalue weighted by molar-refractivity contribution is -0.132. The number of amides is 4. The molecule has 0 bridgehead atoms. The molecule has 150 valence electrons. The molecule has 6 nitrogen and oxygen atoms in total. The summed E-state index contributed by atoms with van der Waals surface area (Å²) in [6.07, 6.45) is 1.26. The number of urea groups is 1. The highest BCUT2D eigenvalue weighted by Crippen LogP contribution is 2.21. The first-order chi connectivity index (χ1) is 14.0. The number of nitrogens with zero attached hydrogens (tertiary/aromatic N) is 2. The van der Waals surface area contributed by atoms with Gasteiger partial charge in [0.1, 0.15) is 11.9 Å². The fourth-order valence-electron chi connectivity index (χ4n) is 3.87. The molecule has 0 aromatic heterocycles. The van der Waals surface area contributed by atoms with Crippen molar-refractivity contribution in [2.24, 2.45) is 0 Å². The molecule has 2 aliphatic rings. The van der Waals surface area contributed by atoms with Crippen LogP contribution in [0, 0.1) is 5.82 Å². The van der Waals surface area contributed by atoms with Crippen LogP contribution in [0.1, 0.15) is 29.5 Å². The van der Waals surface area contributed by atoms with Gasteiger partial charge in [-0.05, 0) is 41.7 Å². The first-order valence-corrected chi connectivity index (χ1v) is 9.72. The van der Waals surface area contributed by atoms with Crippen LogP contribution in [-0.4, -0.2) is 40.2 Å². The van der Waals surface area contributed by atoms with Crippen molar-refractivity contribution in [1.29, 1.82) is 0 Å². The van der Waals surface area contributed by atoms with Crippen molar-refractivity contribution in [1.82, 2.24) is 15.1 Å². The van der Waals surface area contributed by atoms with Gasteiger partial charge in [-0.15, -0.1) is 0 Å². The number of imide groups is 1. The Morgan fingerprint density at radius 1 is 1.10 bits per heavy atom. The highest BCUT2D eigenvalue weighted by Gasteiger charge is 2.38. The van der Waals surface area contributed by atoms with Gasteiger partial charge in [0.15, 0.2) is 0 Å². The highest BCUT2D eigenvalue weighted by molar-refractivity contribution is 6.04. The summed E-state index contributed by atoms with van der Waals surface area (Å²) in [5.41, 5.74) is 2.96. The van der Waals surface area contributed by atoms with E-state index in [1.807, 2.05) is 18.2 Å². The largest absolute Gasteiger partial charge is 0.338 e. The van der Waals surface area contributed by atoms with E-state index in [0.29, 0.717) is 18.7 Å². The van der Waals surface area contributed by atoms with Crippen LogP contribution in [0.5, 0.6) is 0 Å². The number of nitrogens with one attached hydrogen (secondary N) is 1. The van der Waals surface area contributed by atoms with Gasteiger partial charge in [0.05, 0.1) is 6.54 Å². The minimum atomic E-state index is -0.725. The minimum absolute atomic E-state index is 0.00970. The standard InChI is InChI=1S/C22H22FN3O3/c23-18-7-3-4-15(12-18)13-26-21(28)19(24-22(26)29)8-9-20(27)25-11-10-16-5-1-2-6-17(16)14-25/h1-7,12,19H,8-11,13-14H2,(H,24,29)/t19-/m1/s1. The smallest absolute Gasteiger partial charge is 0.325 e. The molecule has 1 atom stereocenters. The van der Waals surface area contributed by atoms with Crippen molar-refractivity contribution in [2.75, 3.05) is 6.54 Å². The Labute approximate surface area is 168 Å². The predicted octanol–water partition coefficient (Wildman–Crippen LogP) is 2.61. The number of benzene rings is 2.